The van der Waals surface area contributed by atoms with E-state index in [1.165, 1.54) is 0 Å². The molecule has 4 heterocycles. The molecule has 39 heavy (non-hydrogen) atoms. The minimum absolute atomic E-state index is 0.103. The van der Waals surface area contributed by atoms with E-state index in [2.05, 4.69) is 36.2 Å². The summed E-state index contributed by atoms with van der Waals surface area (Å²) in [5.41, 5.74) is 12.2. The maximum atomic E-state index is 6.76. The van der Waals surface area contributed by atoms with E-state index < -0.39 is 0 Å². The molecule has 2 aromatic carbocycles. The molecule has 0 aliphatic carbocycles. The average Bonchev–Trinajstić information content (AvgIpc) is 3.45. The molecule has 0 amide bonds. The van der Waals surface area contributed by atoms with Crippen molar-refractivity contribution in [3.63, 3.8) is 0 Å². The summed E-state index contributed by atoms with van der Waals surface area (Å²) in [4.78, 5) is 20.4. The van der Waals surface area contributed by atoms with Crippen molar-refractivity contribution in [2.24, 2.45) is 10.7 Å². The molecular weight excluding hydrogens is 510 g/mol. The van der Waals surface area contributed by atoms with Crippen molar-refractivity contribution in [3.05, 3.63) is 53.9 Å². The van der Waals surface area contributed by atoms with Crippen LogP contribution in [0.3, 0.4) is 0 Å². The lowest BCUT2D eigenvalue weighted by atomic mass is 10.0. The zero-order chi connectivity index (χ0) is 26.6. The standard InChI is InChI=1S/C29H33N7O2S/c1-31-16-20(15-30)19-12-25-28(29(33-17-32-25)35-21-2-3-24-27(14-21)39-18-34-24)26(13-19)38-23-4-8-36(9-5-23)22-6-10-37-11-7-22/h2-3,12-18,22-23H,4-11,30H2,1H3,(H,32,33,35)/b20-15+,31-16?. The third-order valence-corrected chi connectivity index (χ3v) is 8.35. The van der Waals surface area contributed by atoms with E-state index in [-0.39, 0.29) is 6.10 Å². The number of anilines is 2. The third kappa shape index (κ3) is 5.59. The Hall–Kier alpha value is -3.60. The second-order valence-electron chi connectivity index (χ2n) is 9.96. The van der Waals surface area contributed by atoms with E-state index in [4.69, 9.17) is 15.2 Å². The van der Waals surface area contributed by atoms with Crippen molar-refractivity contribution in [1.82, 2.24) is 19.9 Å². The number of hydrogen-bond donors (Lipinski definition) is 2. The minimum atomic E-state index is 0.103. The van der Waals surface area contributed by atoms with Crippen LogP contribution < -0.4 is 15.8 Å². The summed E-state index contributed by atoms with van der Waals surface area (Å²) in [7, 11) is 1.73. The summed E-state index contributed by atoms with van der Waals surface area (Å²) >= 11 is 1.61. The number of allylic oxidation sites excluding steroid dienone is 1. The van der Waals surface area contributed by atoms with E-state index in [0.717, 1.165) is 95.7 Å². The summed E-state index contributed by atoms with van der Waals surface area (Å²) in [6, 6.07) is 10.8. The normalized spacial score (nSPS) is 18.3. The number of nitrogens with one attached hydrogen (secondary N) is 1. The van der Waals surface area contributed by atoms with Crippen LogP contribution >= 0.6 is 11.3 Å². The molecule has 0 bridgehead atoms. The molecule has 0 spiro atoms. The first-order valence-electron chi connectivity index (χ1n) is 13.4. The fourth-order valence-corrected chi connectivity index (χ4v) is 6.24. The number of nitrogens with two attached hydrogens (primary N) is 1. The predicted molar refractivity (Wildman–Crippen MR) is 158 cm³/mol. The monoisotopic (exact) mass is 543 g/mol. The molecule has 2 aliphatic heterocycles. The lowest BCUT2D eigenvalue weighted by molar-refractivity contribution is 0.0103. The van der Waals surface area contributed by atoms with E-state index in [9.17, 15) is 0 Å². The Bertz CT molecular complexity index is 1500. The zero-order valence-electron chi connectivity index (χ0n) is 22.0. The Balaban J connectivity index is 1.32. The zero-order valence-corrected chi connectivity index (χ0v) is 22.9. The number of benzene rings is 2. The molecular formula is C29H33N7O2S. The number of hydrogen-bond acceptors (Lipinski definition) is 10. The molecule has 0 radical (unpaired) electrons. The van der Waals surface area contributed by atoms with Crippen molar-refractivity contribution >= 4 is 55.7 Å². The first kappa shape index (κ1) is 25.7. The molecule has 2 saturated heterocycles. The lowest BCUT2D eigenvalue weighted by Crippen LogP contribution is -2.46. The predicted octanol–water partition coefficient (Wildman–Crippen LogP) is 5.01. The van der Waals surface area contributed by atoms with Crippen LogP contribution in [-0.4, -0.2) is 71.6 Å². The van der Waals surface area contributed by atoms with Crippen molar-refractivity contribution < 1.29 is 9.47 Å². The molecule has 9 nitrogen and oxygen atoms in total. The second kappa shape index (κ2) is 11.6. The van der Waals surface area contributed by atoms with Gasteiger partial charge in [-0.3, -0.25) is 9.89 Å². The van der Waals surface area contributed by atoms with Crippen molar-refractivity contribution in [3.8, 4) is 5.75 Å². The van der Waals surface area contributed by atoms with Gasteiger partial charge in [-0.1, -0.05) is 0 Å². The number of likely N-dealkylation sites (tertiary alicyclic amines) is 1. The summed E-state index contributed by atoms with van der Waals surface area (Å²) in [6.45, 7) is 3.78. The van der Waals surface area contributed by atoms with Crippen LogP contribution in [0.4, 0.5) is 11.5 Å². The van der Waals surface area contributed by atoms with Gasteiger partial charge in [0.15, 0.2) is 0 Å². The van der Waals surface area contributed by atoms with Gasteiger partial charge in [-0.2, -0.15) is 0 Å². The highest BCUT2D eigenvalue weighted by Gasteiger charge is 2.28. The molecule has 0 unspecified atom stereocenters. The summed E-state index contributed by atoms with van der Waals surface area (Å²) in [5.74, 6) is 1.45. The summed E-state index contributed by atoms with van der Waals surface area (Å²) in [6.07, 6.45) is 9.17. The molecule has 2 aliphatic rings. The number of nitrogens with zero attached hydrogens (tertiary/aromatic N) is 5. The van der Waals surface area contributed by atoms with E-state index >= 15 is 0 Å². The highest BCUT2D eigenvalue weighted by atomic mass is 32.1. The van der Waals surface area contributed by atoms with Crippen LogP contribution in [0.5, 0.6) is 5.75 Å². The molecule has 3 N–H and O–H groups in total. The van der Waals surface area contributed by atoms with E-state index in [1.54, 1.807) is 37.1 Å². The van der Waals surface area contributed by atoms with Gasteiger partial charge >= 0.3 is 0 Å². The third-order valence-electron chi connectivity index (χ3n) is 7.55. The Kier molecular flexibility index (Phi) is 7.67. The first-order valence-corrected chi connectivity index (χ1v) is 14.3. The molecule has 2 fully saturated rings. The molecule has 202 valence electrons. The van der Waals surface area contributed by atoms with Gasteiger partial charge in [0.05, 0.1) is 26.6 Å². The van der Waals surface area contributed by atoms with Crippen LogP contribution in [0.15, 0.2) is 53.4 Å². The summed E-state index contributed by atoms with van der Waals surface area (Å²) < 4.78 is 13.4. The molecule has 0 saturated carbocycles. The second-order valence-corrected chi connectivity index (χ2v) is 10.8. The number of aromatic nitrogens is 3. The smallest absolute Gasteiger partial charge is 0.145 e. The maximum Gasteiger partial charge on any atom is 0.145 e. The van der Waals surface area contributed by atoms with Gasteiger partial charge in [-0.05, 0) is 61.6 Å². The number of fused-ring (bicyclic) bond motifs is 2. The van der Waals surface area contributed by atoms with Crippen molar-refractivity contribution in [2.45, 2.75) is 37.8 Å². The maximum absolute atomic E-state index is 6.76. The number of ether oxygens (including phenoxy) is 2. The van der Waals surface area contributed by atoms with Gasteiger partial charge in [-0.25, -0.2) is 15.0 Å². The SMILES string of the molecule is CN=C/C(=C\N)c1cc(OC2CCN(C3CCOCC3)CC2)c2c(Nc3ccc4ncsc4c3)ncnc2c1. The number of piperidine rings is 1. The van der Waals surface area contributed by atoms with Gasteiger partial charge in [0, 0.05) is 63.1 Å². The van der Waals surface area contributed by atoms with Gasteiger partial charge in [-0.15, -0.1) is 11.3 Å². The molecule has 10 heteroatoms. The van der Waals surface area contributed by atoms with Gasteiger partial charge in [0.2, 0.25) is 0 Å². The number of aliphatic imine (C=N–C) groups is 1. The van der Waals surface area contributed by atoms with Gasteiger partial charge < -0.3 is 20.5 Å². The minimum Gasteiger partial charge on any atom is -0.489 e. The molecule has 6 rings (SSSR count). The van der Waals surface area contributed by atoms with Crippen molar-refractivity contribution in [2.75, 3.05) is 38.7 Å². The van der Waals surface area contributed by atoms with Gasteiger partial charge in [0.25, 0.3) is 0 Å². The Morgan fingerprint density at radius 3 is 2.74 bits per heavy atom. The Morgan fingerprint density at radius 1 is 1.10 bits per heavy atom. The van der Waals surface area contributed by atoms with Gasteiger partial charge in [0.1, 0.15) is 24.0 Å². The first-order chi connectivity index (χ1) is 19.2. The largest absolute Gasteiger partial charge is 0.489 e. The van der Waals surface area contributed by atoms with Crippen LogP contribution in [0, 0.1) is 0 Å². The van der Waals surface area contributed by atoms with E-state index in [1.807, 2.05) is 29.8 Å². The van der Waals surface area contributed by atoms with Crippen LogP contribution in [0.1, 0.15) is 31.2 Å². The molecule has 2 aromatic heterocycles. The average molecular weight is 544 g/mol. The Labute approximate surface area is 231 Å². The van der Waals surface area contributed by atoms with Crippen LogP contribution in [-0.2, 0) is 4.74 Å². The molecule has 4 aromatic rings. The van der Waals surface area contributed by atoms with Crippen molar-refractivity contribution in [1.29, 1.82) is 0 Å². The Morgan fingerprint density at radius 2 is 1.95 bits per heavy atom. The quantitative estimate of drug-likeness (QED) is 0.313. The number of thiazole rings is 1. The topological polar surface area (TPSA) is 111 Å². The highest BCUT2D eigenvalue weighted by molar-refractivity contribution is 7.16. The van der Waals surface area contributed by atoms with Crippen LogP contribution in [0.25, 0.3) is 26.7 Å². The fourth-order valence-electron chi connectivity index (χ4n) is 5.52. The van der Waals surface area contributed by atoms with Crippen LogP contribution in [0.2, 0.25) is 0 Å². The lowest BCUT2D eigenvalue weighted by Gasteiger charge is -2.39. The fraction of sp³-hybridized carbons (Fsp3) is 0.379. The highest BCUT2D eigenvalue weighted by Crippen LogP contribution is 2.37. The molecule has 0 atom stereocenters. The number of rotatable bonds is 7. The summed E-state index contributed by atoms with van der Waals surface area (Å²) in [5, 5.41) is 4.36. The van der Waals surface area contributed by atoms with E-state index in [0.29, 0.717) is 11.9 Å².